The molecule has 0 aliphatic rings. The van der Waals surface area contributed by atoms with Gasteiger partial charge in [-0.05, 0) is 42.8 Å². The van der Waals surface area contributed by atoms with Crippen LogP contribution < -0.4 is 10.9 Å². The smallest absolute Gasteiger partial charge is 0.254 e. The summed E-state index contributed by atoms with van der Waals surface area (Å²) in [5, 5.41) is 9.86. The van der Waals surface area contributed by atoms with Crippen LogP contribution in [-0.4, -0.2) is 14.8 Å². The summed E-state index contributed by atoms with van der Waals surface area (Å²) < 4.78 is 1.79. The second kappa shape index (κ2) is 8.33. The molecule has 2 aromatic carbocycles. The van der Waals surface area contributed by atoms with E-state index in [-0.39, 0.29) is 11.0 Å². The fraction of sp³-hybridized carbons (Fsp3) is 0.280. The van der Waals surface area contributed by atoms with E-state index >= 15 is 0 Å². The molecule has 2 heterocycles. The van der Waals surface area contributed by atoms with Gasteiger partial charge >= 0.3 is 0 Å². The molecule has 5 nitrogen and oxygen atoms in total. The van der Waals surface area contributed by atoms with E-state index in [0.29, 0.717) is 29.3 Å². The zero-order chi connectivity index (χ0) is 22.2. The van der Waals surface area contributed by atoms with Gasteiger partial charge in [0.25, 0.3) is 5.56 Å². The first-order valence-corrected chi connectivity index (χ1v) is 10.8. The Morgan fingerprint density at radius 2 is 1.71 bits per heavy atom. The van der Waals surface area contributed by atoms with Gasteiger partial charge in [-0.3, -0.25) is 4.79 Å². The number of aromatic nitrogens is 3. The Hall–Kier alpha value is -2.89. The molecule has 0 unspecified atom stereocenters. The van der Waals surface area contributed by atoms with Crippen LogP contribution in [0.5, 0.6) is 0 Å². The van der Waals surface area contributed by atoms with Crippen molar-refractivity contribution in [1.82, 2.24) is 20.1 Å². The predicted molar refractivity (Wildman–Crippen MR) is 127 cm³/mol. The van der Waals surface area contributed by atoms with E-state index in [4.69, 9.17) is 16.7 Å². The van der Waals surface area contributed by atoms with Gasteiger partial charge in [0.05, 0.1) is 11.4 Å². The van der Waals surface area contributed by atoms with Gasteiger partial charge in [0.15, 0.2) is 0 Å². The second-order valence-electron chi connectivity index (χ2n) is 8.96. The molecule has 2 aromatic heterocycles. The van der Waals surface area contributed by atoms with Crippen LogP contribution in [0.2, 0.25) is 5.02 Å². The molecule has 0 atom stereocenters. The molecule has 0 spiro atoms. The maximum atomic E-state index is 12.9. The minimum absolute atomic E-state index is 0.112. The Kier molecular flexibility index (Phi) is 5.73. The molecule has 0 saturated heterocycles. The highest BCUT2D eigenvalue weighted by Crippen LogP contribution is 2.30. The van der Waals surface area contributed by atoms with E-state index in [1.807, 2.05) is 30.3 Å². The van der Waals surface area contributed by atoms with Crippen molar-refractivity contribution in [1.29, 1.82) is 0 Å². The number of aromatic amines is 1. The van der Waals surface area contributed by atoms with Crippen molar-refractivity contribution in [3.8, 4) is 5.69 Å². The van der Waals surface area contributed by atoms with Crippen LogP contribution in [-0.2, 0) is 18.5 Å². The number of aryl methyl sites for hydroxylation is 1. The number of nitrogens with one attached hydrogen (secondary N) is 2. The number of pyridine rings is 1. The molecule has 0 aliphatic carbocycles. The maximum Gasteiger partial charge on any atom is 0.254 e. The molecule has 0 amide bonds. The highest BCUT2D eigenvalue weighted by atomic mass is 35.5. The number of benzene rings is 2. The lowest BCUT2D eigenvalue weighted by molar-refractivity contribution is 0.565. The molecule has 4 aromatic rings. The Morgan fingerprint density at radius 1 is 1.03 bits per heavy atom. The highest BCUT2D eigenvalue weighted by molar-refractivity contribution is 6.30. The first-order chi connectivity index (χ1) is 14.7. The molecule has 0 saturated carbocycles. The quantitative estimate of drug-likeness (QED) is 0.450. The maximum absolute atomic E-state index is 12.9. The third-order valence-electron chi connectivity index (χ3n) is 5.31. The monoisotopic (exact) mass is 434 g/mol. The lowest BCUT2D eigenvalue weighted by Gasteiger charge is -2.15. The Labute approximate surface area is 187 Å². The number of hydrogen-bond donors (Lipinski definition) is 2. The minimum atomic E-state index is -0.180. The average Bonchev–Trinajstić information content (AvgIpc) is 3.09. The Morgan fingerprint density at radius 3 is 2.35 bits per heavy atom. The molecule has 0 aliphatic heterocycles. The van der Waals surface area contributed by atoms with Gasteiger partial charge in [0.1, 0.15) is 5.65 Å². The molecule has 31 heavy (non-hydrogen) atoms. The number of nitrogens with zero attached hydrogens (tertiary/aromatic N) is 2. The summed E-state index contributed by atoms with van der Waals surface area (Å²) in [6.07, 6.45) is 0. The van der Waals surface area contributed by atoms with Crippen LogP contribution in [0.15, 0.2) is 59.4 Å². The van der Waals surface area contributed by atoms with E-state index < -0.39 is 0 Å². The van der Waals surface area contributed by atoms with E-state index in [1.54, 1.807) is 4.68 Å². The van der Waals surface area contributed by atoms with Crippen LogP contribution in [0.3, 0.4) is 0 Å². The summed E-state index contributed by atoms with van der Waals surface area (Å²) in [4.78, 5) is 15.9. The van der Waals surface area contributed by atoms with Crippen LogP contribution in [0.25, 0.3) is 16.7 Å². The molecule has 160 valence electrons. The third kappa shape index (κ3) is 4.58. The summed E-state index contributed by atoms with van der Waals surface area (Å²) in [6, 6.07) is 17.8. The van der Waals surface area contributed by atoms with Crippen LogP contribution in [0.1, 0.15) is 43.2 Å². The summed E-state index contributed by atoms with van der Waals surface area (Å²) >= 11 is 6.05. The van der Waals surface area contributed by atoms with Crippen molar-refractivity contribution < 1.29 is 0 Å². The second-order valence-corrected chi connectivity index (χ2v) is 9.40. The van der Waals surface area contributed by atoms with E-state index in [0.717, 1.165) is 16.8 Å². The van der Waals surface area contributed by atoms with Gasteiger partial charge in [-0.15, -0.1) is 0 Å². The molecule has 2 N–H and O–H groups in total. The first-order valence-electron chi connectivity index (χ1n) is 10.4. The fourth-order valence-corrected chi connectivity index (χ4v) is 3.74. The van der Waals surface area contributed by atoms with Gasteiger partial charge in [-0.1, -0.05) is 62.2 Å². The average molecular weight is 435 g/mol. The van der Waals surface area contributed by atoms with Crippen molar-refractivity contribution in [3.05, 3.63) is 92.4 Å². The SMILES string of the molecule is Cc1ccc(CNCc2cc3c(C(C)(C)C)nn(-c4ccc(Cl)cc4)c3[nH]c2=O)cc1. The number of rotatable bonds is 5. The Bertz CT molecular complexity index is 1260. The third-order valence-corrected chi connectivity index (χ3v) is 5.56. The number of hydrogen-bond acceptors (Lipinski definition) is 3. The number of fused-ring (bicyclic) bond motifs is 1. The minimum Gasteiger partial charge on any atom is -0.308 e. The fourth-order valence-electron chi connectivity index (χ4n) is 3.62. The normalized spacial score (nSPS) is 11.9. The van der Waals surface area contributed by atoms with Crippen molar-refractivity contribution in [2.45, 2.75) is 46.2 Å². The van der Waals surface area contributed by atoms with Crippen molar-refractivity contribution in [2.24, 2.45) is 0 Å². The molecule has 6 heteroatoms. The lowest BCUT2D eigenvalue weighted by Crippen LogP contribution is -2.21. The summed E-state index contributed by atoms with van der Waals surface area (Å²) in [7, 11) is 0. The zero-order valence-electron chi connectivity index (χ0n) is 18.3. The van der Waals surface area contributed by atoms with Gasteiger partial charge in [-0.2, -0.15) is 5.10 Å². The standard InChI is InChI=1S/C25H27ClN4O/c1-16-5-7-17(8-6-16)14-27-15-18-13-21-22(25(2,3)4)29-30(23(21)28-24(18)31)20-11-9-19(26)10-12-20/h5-13,27H,14-15H2,1-4H3,(H,28,31). The topological polar surface area (TPSA) is 62.7 Å². The molecule has 0 bridgehead atoms. The van der Waals surface area contributed by atoms with E-state index in [2.05, 4.69) is 62.3 Å². The first kappa shape index (κ1) is 21.3. The Balaban J connectivity index is 1.70. The van der Waals surface area contributed by atoms with E-state index in [9.17, 15) is 4.79 Å². The van der Waals surface area contributed by atoms with Crippen molar-refractivity contribution in [3.63, 3.8) is 0 Å². The summed E-state index contributed by atoms with van der Waals surface area (Å²) in [5.74, 6) is 0. The largest absolute Gasteiger partial charge is 0.308 e. The number of halogens is 1. The van der Waals surface area contributed by atoms with Crippen LogP contribution >= 0.6 is 11.6 Å². The summed E-state index contributed by atoms with van der Waals surface area (Å²) in [5.41, 5.74) is 5.31. The number of H-pyrrole nitrogens is 1. The van der Waals surface area contributed by atoms with Gasteiger partial charge in [-0.25, -0.2) is 4.68 Å². The zero-order valence-corrected chi connectivity index (χ0v) is 19.0. The lowest BCUT2D eigenvalue weighted by atomic mass is 9.90. The van der Waals surface area contributed by atoms with Gasteiger partial charge < -0.3 is 10.3 Å². The van der Waals surface area contributed by atoms with Gasteiger partial charge in [0.2, 0.25) is 0 Å². The van der Waals surface area contributed by atoms with Crippen molar-refractivity contribution in [2.75, 3.05) is 0 Å². The molecule has 0 fully saturated rings. The molecular weight excluding hydrogens is 408 g/mol. The molecule has 4 rings (SSSR count). The van der Waals surface area contributed by atoms with Crippen molar-refractivity contribution >= 4 is 22.6 Å². The summed E-state index contributed by atoms with van der Waals surface area (Å²) in [6.45, 7) is 9.63. The predicted octanol–water partition coefficient (Wildman–Crippen LogP) is 5.26. The van der Waals surface area contributed by atoms with E-state index in [1.165, 1.54) is 11.1 Å². The van der Waals surface area contributed by atoms with Crippen LogP contribution in [0.4, 0.5) is 0 Å². The van der Waals surface area contributed by atoms with Crippen LogP contribution in [0, 0.1) is 6.92 Å². The van der Waals surface area contributed by atoms with Gasteiger partial charge in [0, 0.05) is 34.5 Å². The molecular formula is C25H27ClN4O. The molecule has 0 radical (unpaired) electrons. The highest BCUT2D eigenvalue weighted by Gasteiger charge is 2.24.